The van der Waals surface area contributed by atoms with Crippen LogP contribution in [0.15, 0.2) is 36.4 Å². The number of benzene rings is 2. The maximum Gasteiger partial charge on any atom is 0.196 e. The van der Waals surface area contributed by atoms with E-state index in [0.29, 0.717) is 6.07 Å². The molecule has 2 aromatic carbocycles. The second-order valence-electron chi connectivity index (χ2n) is 3.69. The highest BCUT2D eigenvalue weighted by Gasteiger charge is 2.16. The third-order valence-electron chi connectivity index (χ3n) is 2.44. The molecule has 0 heterocycles. The highest BCUT2D eigenvalue weighted by molar-refractivity contribution is 6.09. The quantitative estimate of drug-likeness (QED) is 0.658. The SMILES string of the molecule is Nc1cc(C(=O)c2ccc(F)cc2)c(F)cc1F. The van der Waals surface area contributed by atoms with Gasteiger partial charge in [0.1, 0.15) is 17.5 Å². The first kappa shape index (κ1) is 12.2. The number of carbonyl (C=O) groups excluding carboxylic acids is 1. The second-order valence-corrected chi connectivity index (χ2v) is 3.69. The Morgan fingerprint density at radius 1 is 0.944 bits per heavy atom. The van der Waals surface area contributed by atoms with E-state index in [2.05, 4.69) is 0 Å². The summed E-state index contributed by atoms with van der Waals surface area (Å²) in [4.78, 5) is 11.9. The summed E-state index contributed by atoms with van der Waals surface area (Å²) in [5.41, 5.74) is 4.71. The monoisotopic (exact) mass is 251 g/mol. The van der Waals surface area contributed by atoms with E-state index in [1.807, 2.05) is 0 Å². The Kier molecular flexibility index (Phi) is 3.06. The van der Waals surface area contributed by atoms with Crippen LogP contribution in [-0.2, 0) is 0 Å². The van der Waals surface area contributed by atoms with E-state index >= 15 is 0 Å². The van der Waals surface area contributed by atoms with Gasteiger partial charge in [0.2, 0.25) is 0 Å². The van der Waals surface area contributed by atoms with Crippen molar-refractivity contribution >= 4 is 11.5 Å². The van der Waals surface area contributed by atoms with Crippen LogP contribution in [0.25, 0.3) is 0 Å². The predicted molar refractivity (Wildman–Crippen MR) is 60.6 cm³/mol. The molecule has 2 rings (SSSR count). The average Bonchev–Trinajstić information content (AvgIpc) is 2.34. The van der Waals surface area contributed by atoms with Gasteiger partial charge in [-0.3, -0.25) is 4.79 Å². The number of halogens is 3. The molecule has 0 spiro atoms. The molecular formula is C13H8F3NO. The first-order valence-corrected chi connectivity index (χ1v) is 5.04. The van der Waals surface area contributed by atoms with Crippen molar-refractivity contribution in [1.82, 2.24) is 0 Å². The summed E-state index contributed by atoms with van der Waals surface area (Å²) in [6.45, 7) is 0. The van der Waals surface area contributed by atoms with Gasteiger partial charge in [-0.25, -0.2) is 13.2 Å². The van der Waals surface area contributed by atoms with Crippen molar-refractivity contribution in [2.45, 2.75) is 0 Å². The standard InChI is InChI=1S/C13H8F3NO/c14-8-3-1-7(2-4-8)13(18)9-5-12(17)11(16)6-10(9)15/h1-6H,17H2. The summed E-state index contributed by atoms with van der Waals surface area (Å²) < 4.78 is 39.1. The van der Waals surface area contributed by atoms with Gasteiger partial charge in [-0.1, -0.05) is 0 Å². The van der Waals surface area contributed by atoms with Crippen molar-refractivity contribution in [3.05, 3.63) is 65.0 Å². The number of rotatable bonds is 2. The predicted octanol–water partition coefficient (Wildman–Crippen LogP) is 2.92. The van der Waals surface area contributed by atoms with Crippen LogP contribution >= 0.6 is 0 Å². The minimum atomic E-state index is -1.00. The highest BCUT2D eigenvalue weighted by Crippen LogP contribution is 2.19. The van der Waals surface area contributed by atoms with E-state index in [9.17, 15) is 18.0 Å². The molecule has 18 heavy (non-hydrogen) atoms. The van der Waals surface area contributed by atoms with Gasteiger partial charge in [0.25, 0.3) is 0 Å². The lowest BCUT2D eigenvalue weighted by Gasteiger charge is -2.05. The van der Waals surface area contributed by atoms with Crippen LogP contribution in [0, 0.1) is 17.5 Å². The van der Waals surface area contributed by atoms with Crippen LogP contribution in [-0.4, -0.2) is 5.78 Å². The maximum atomic E-state index is 13.5. The van der Waals surface area contributed by atoms with E-state index in [4.69, 9.17) is 5.73 Å². The zero-order chi connectivity index (χ0) is 13.3. The molecule has 0 aliphatic heterocycles. The number of hydrogen-bond acceptors (Lipinski definition) is 2. The van der Waals surface area contributed by atoms with Gasteiger partial charge in [0.05, 0.1) is 11.3 Å². The summed E-state index contributed by atoms with van der Waals surface area (Å²) in [5, 5.41) is 0. The Morgan fingerprint density at radius 2 is 1.56 bits per heavy atom. The first-order valence-electron chi connectivity index (χ1n) is 5.04. The fraction of sp³-hybridized carbons (Fsp3) is 0. The van der Waals surface area contributed by atoms with Crippen molar-refractivity contribution in [3.8, 4) is 0 Å². The number of ketones is 1. The van der Waals surface area contributed by atoms with Crippen LogP contribution in [0.2, 0.25) is 0 Å². The number of nitrogens with two attached hydrogens (primary N) is 1. The summed E-state index contributed by atoms with van der Waals surface area (Å²) in [5.74, 6) is -3.12. The van der Waals surface area contributed by atoms with Gasteiger partial charge in [-0.15, -0.1) is 0 Å². The molecule has 0 saturated carbocycles. The molecule has 0 bridgehead atoms. The topological polar surface area (TPSA) is 43.1 Å². The molecule has 0 aliphatic carbocycles. The number of carbonyl (C=O) groups is 1. The van der Waals surface area contributed by atoms with Crippen molar-refractivity contribution < 1.29 is 18.0 Å². The maximum absolute atomic E-state index is 13.5. The van der Waals surface area contributed by atoms with Crippen molar-refractivity contribution in [1.29, 1.82) is 0 Å². The van der Waals surface area contributed by atoms with Gasteiger partial charge in [0.15, 0.2) is 5.78 Å². The Balaban J connectivity index is 2.46. The van der Waals surface area contributed by atoms with Crippen LogP contribution in [0.1, 0.15) is 15.9 Å². The highest BCUT2D eigenvalue weighted by atomic mass is 19.1. The molecule has 2 N–H and O–H groups in total. The van der Waals surface area contributed by atoms with E-state index in [0.717, 1.165) is 18.2 Å². The summed E-state index contributed by atoms with van der Waals surface area (Å²) >= 11 is 0. The molecule has 0 saturated heterocycles. The lowest BCUT2D eigenvalue weighted by atomic mass is 10.0. The molecule has 0 radical (unpaired) electrons. The molecule has 5 heteroatoms. The molecule has 0 unspecified atom stereocenters. The van der Waals surface area contributed by atoms with Crippen LogP contribution in [0.3, 0.4) is 0 Å². The number of hydrogen-bond donors (Lipinski definition) is 1. The van der Waals surface area contributed by atoms with Gasteiger partial charge in [0, 0.05) is 11.6 Å². The molecule has 0 fully saturated rings. The van der Waals surface area contributed by atoms with Gasteiger partial charge < -0.3 is 5.73 Å². The van der Waals surface area contributed by atoms with E-state index in [1.54, 1.807) is 0 Å². The molecule has 0 aromatic heterocycles. The second kappa shape index (κ2) is 4.52. The lowest BCUT2D eigenvalue weighted by molar-refractivity contribution is 0.103. The molecular weight excluding hydrogens is 243 g/mol. The zero-order valence-corrected chi connectivity index (χ0v) is 9.08. The third-order valence-corrected chi connectivity index (χ3v) is 2.44. The van der Waals surface area contributed by atoms with E-state index in [1.165, 1.54) is 12.1 Å². The fourth-order valence-corrected chi connectivity index (χ4v) is 1.50. The molecule has 0 amide bonds. The summed E-state index contributed by atoms with van der Waals surface area (Å²) in [6, 6.07) is 6.08. The Labute approximate surface area is 101 Å². The van der Waals surface area contributed by atoms with Gasteiger partial charge >= 0.3 is 0 Å². The Bertz CT molecular complexity index is 608. The number of anilines is 1. The van der Waals surface area contributed by atoms with Crippen LogP contribution < -0.4 is 5.73 Å². The molecule has 2 aromatic rings. The molecule has 0 aliphatic rings. The third kappa shape index (κ3) is 2.20. The number of nitrogen functional groups attached to an aromatic ring is 1. The van der Waals surface area contributed by atoms with Crippen molar-refractivity contribution in [3.63, 3.8) is 0 Å². The average molecular weight is 251 g/mol. The fourth-order valence-electron chi connectivity index (χ4n) is 1.50. The van der Waals surface area contributed by atoms with Gasteiger partial charge in [-0.2, -0.15) is 0 Å². The normalized spacial score (nSPS) is 10.4. The van der Waals surface area contributed by atoms with E-state index < -0.39 is 23.2 Å². The molecule has 0 atom stereocenters. The smallest absolute Gasteiger partial charge is 0.196 e. The minimum absolute atomic E-state index is 0.0984. The Hall–Kier alpha value is -2.30. The summed E-state index contributed by atoms with van der Waals surface area (Å²) in [7, 11) is 0. The largest absolute Gasteiger partial charge is 0.396 e. The lowest BCUT2D eigenvalue weighted by Crippen LogP contribution is -2.06. The van der Waals surface area contributed by atoms with Gasteiger partial charge in [-0.05, 0) is 30.3 Å². The minimum Gasteiger partial charge on any atom is -0.396 e. The molecule has 92 valence electrons. The zero-order valence-electron chi connectivity index (χ0n) is 9.08. The van der Waals surface area contributed by atoms with E-state index in [-0.39, 0.29) is 16.8 Å². The van der Waals surface area contributed by atoms with Crippen molar-refractivity contribution in [2.75, 3.05) is 5.73 Å². The first-order chi connectivity index (χ1) is 8.49. The Morgan fingerprint density at radius 3 is 2.17 bits per heavy atom. The molecule has 2 nitrogen and oxygen atoms in total. The summed E-state index contributed by atoms with van der Waals surface area (Å²) in [6.07, 6.45) is 0. The van der Waals surface area contributed by atoms with Crippen molar-refractivity contribution in [2.24, 2.45) is 0 Å². The van der Waals surface area contributed by atoms with Crippen LogP contribution in [0.4, 0.5) is 18.9 Å². The van der Waals surface area contributed by atoms with Crippen LogP contribution in [0.5, 0.6) is 0 Å².